The van der Waals surface area contributed by atoms with Gasteiger partial charge in [-0.2, -0.15) is 0 Å². The number of rotatable bonds is 3. The quantitative estimate of drug-likeness (QED) is 0.826. The van der Waals surface area contributed by atoms with Crippen LogP contribution in [0.1, 0.15) is 20.0 Å². The summed E-state index contributed by atoms with van der Waals surface area (Å²) in [6.07, 6.45) is 0. The molecule has 0 atom stereocenters. The van der Waals surface area contributed by atoms with Crippen LogP contribution in [0, 0.1) is 0 Å². The van der Waals surface area contributed by atoms with Gasteiger partial charge in [-0.05, 0) is 12.1 Å². The lowest BCUT2D eigenvalue weighted by Gasteiger charge is -2.06. The van der Waals surface area contributed by atoms with Crippen LogP contribution >= 0.6 is 0 Å². The molecule has 0 aliphatic rings. The summed E-state index contributed by atoms with van der Waals surface area (Å²) in [5.41, 5.74) is 0.00268. The molecule has 0 amide bonds. The van der Waals surface area contributed by atoms with Crippen LogP contribution in [0.2, 0.25) is 0 Å². The molecule has 0 saturated carbocycles. The number of carbonyl (C=O) groups is 1. The fourth-order valence-electron chi connectivity index (χ4n) is 1.42. The Labute approximate surface area is 104 Å². The fraction of sp³-hybridized carbons (Fsp3) is 0.0714. The SMILES string of the molecule is [2H]c1ccc(C(=O)c2ccc(OC)cc2O)c([2H])c1[2H]. The second kappa shape index (κ2) is 4.70. The van der Waals surface area contributed by atoms with Crippen molar-refractivity contribution in [3.8, 4) is 11.5 Å². The third-order valence-corrected chi connectivity index (χ3v) is 2.30. The minimum atomic E-state index is -0.566. The second-order valence-electron chi connectivity index (χ2n) is 3.35. The lowest BCUT2D eigenvalue weighted by molar-refractivity contribution is 0.103. The number of hydrogen-bond donors (Lipinski definition) is 1. The highest BCUT2D eigenvalue weighted by atomic mass is 16.5. The maximum atomic E-state index is 12.3. The van der Waals surface area contributed by atoms with E-state index in [2.05, 4.69) is 0 Å². The highest BCUT2D eigenvalue weighted by molar-refractivity contribution is 6.10. The van der Waals surface area contributed by atoms with Crippen molar-refractivity contribution in [2.45, 2.75) is 0 Å². The van der Waals surface area contributed by atoms with Crippen molar-refractivity contribution >= 4 is 5.78 Å². The first-order valence-corrected chi connectivity index (χ1v) is 4.94. The Morgan fingerprint density at radius 1 is 1.35 bits per heavy atom. The predicted molar refractivity (Wildman–Crippen MR) is 64.5 cm³/mol. The van der Waals surface area contributed by atoms with E-state index < -0.39 is 5.78 Å². The number of hydrogen-bond acceptors (Lipinski definition) is 3. The van der Waals surface area contributed by atoms with Crippen molar-refractivity contribution in [1.29, 1.82) is 0 Å². The minimum Gasteiger partial charge on any atom is -0.507 e. The number of benzene rings is 2. The molecule has 3 nitrogen and oxygen atoms in total. The Morgan fingerprint density at radius 2 is 2.18 bits per heavy atom. The highest BCUT2D eigenvalue weighted by Gasteiger charge is 2.13. The minimum absolute atomic E-state index is 0.0218. The first-order valence-electron chi connectivity index (χ1n) is 6.44. The van der Waals surface area contributed by atoms with E-state index in [4.69, 9.17) is 8.85 Å². The average Bonchev–Trinajstić information content (AvgIpc) is 2.44. The molecule has 0 unspecified atom stereocenters. The van der Waals surface area contributed by atoms with Gasteiger partial charge in [0.05, 0.1) is 16.8 Å². The largest absolute Gasteiger partial charge is 0.507 e. The number of methoxy groups -OCH3 is 1. The third kappa shape index (κ3) is 2.28. The van der Waals surface area contributed by atoms with Gasteiger partial charge in [0.1, 0.15) is 11.5 Å². The molecule has 1 N–H and O–H groups in total. The van der Waals surface area contributed by atoms with E-state index in [-0.39, 0.29) is 35.0 Å². The summed E-state index contributed by atoms with van der Waals surface area (Å²) in [6.45, 7) is 0. The van der Waals surface area contributed by atoms with Crippen LogP contribution in [-0.2, 0) is 0 Å². The normalized spacial score (nSPS) is 12.4. The number of aromatic hydroxyl groups is 1. The van der Waals surface area contributed by atoms with Gasteiger partial charge < -0.3 is 9.84 Å². The number of ether oxygens (including phenoxy) is 1. The van der Waals surface area contributed by atoms with Crippen LogP contribution < -0.4 is 4.74 Å². The molecule has 2 aromatic carbocycles. The van der Waals surface area contributed by atoms with E-state index in [1.165, 1.54) is 37.4 Å². The molecule has 0 spiro atoms. The van der Waals surface area contributed by atoms with Gasteiger partial charge >= 0.3 is 0 Å². The van der Waals surface area contributed by atoms with Gasteiger partial charge in [0, 0.05) is 11.6 Å². The van der Waals surface area contributed by atoms with Gasteiger partial charge in [0.2, 0.25) is 0 Å². The van der Waals surface area contributed by atoms with Crippen LogP contribution in [0.4, 0.5) is 0 Å². The Morgan fingerprint density at radius 3 is 2.88 bits per heavy atom. The third-order valence-electron chi connectivity index (χ3n) is 2.30. The molecule has 2 aromatic rings. The molecule has 17 heavy (non-hydrogen) atoms. The Balaban J connectivity index is 2.49. The number of phenols is 1. The molecular weight excluding hydrogens is 216 g/mol. The van der Waals surface area contributed by atoms with Crippen LogP contribution in [-0.4, -0.2) is 18.0 Å². The summed E-state index contributed by atoms with van der Waals surface area (Å²) in [5.74, 6) is -0.410. The molecule has 0 saturated heterocycles. The fourth-order valence-corrected chi connectivity index (χ4v) is 1.42. The predicted octanol–water partition coefficient (Wildman–Crippen LogP) is 2.63. The van der Waals surface area contributed by atoms with Gasteiger partial charge in [0.25, 0.3) is 0 Å². The summed E-state index contributed by atoms with van der Waals surface area (Å²) in [5, 5.41) is 9.82. The molecule has 86 valence electrons. The average molecular weight is 231 g/mol. The molecule has 0 aliphatic heterocycles. The molecule has 0 aliphatic carbocycles. The number of carbonyl (C=O) groups excluding carboxylic acids is 1. The Kier molecular flexibility index (Phi) is 2.18. The maximum absolute atomic E-state index is 12.3. The lowest BCUT2D eigenvalue weighted by Crippen LogP contribution is -2.01. The molecular formula is C14H12O3. The van der Waals surface area contributed by atoms with E-state index in [9.17, 15) is 9.90 Å². The van der Waals surface area contributed by atoms with Crippen LogP contribution in [0.3, 0.4) is 0 Å². The van der Waals surface area contributed by atoms with E-state index >= 15 is 0 Å². The second-order valence-corrected chi connectivity index (χ2v) is 3.35. The van der Waals surface area contributed by atoms with Crippen molar-refractivity contribution in [3.05, 3.63) is 59.6 Å². The Bertz CT molecular complexity index is 684. The highest BCUT2D eigenvalue weighted by Crippen LogP contribution is 2.25. The topological polar surface area (TPSA) is 46.5 Å². The van der Waals surface area contributed by atoms with E-state index in [0.717, 1.165) is 0 Å². The molecule has 2 rings (SSSR count). The number of phenolic OH excluding ortho intramolecular Hbond substituents is 1. The van der Waals surface area contributed by atoms with E-state index in [1.807, 2.05) is 0 Å². The summed E-state index contributed by atoms with van der Waals surface area (Å²) >= 11 is 0. The van der Waals surface area contributed by atoms with Crippen molar-refractivity contribution in [1.82, 2.24) is 0 Å². The van der Waals surface area contributed by atoms with Crippen molar-refractivity contribution in [2.75, 3.05) is 7.11 Å². The number of ketones is 1. The van der Waals surface area contributed by atoms with Crippen molar-refractivity contribution in [3.63, 3.8) is 0 Å². The van der Waals surface area contributed by atoms with Gasteiger partial charge in [0.15, 0.2) is 5.78 Å². The molecule has 0 fully saturated rings. The standard InChI is InChI=1S/C14H12O3/c1-17-11-7-8-12(13(15)9-11)14(16)10-5-3-2-4-6-10/h2-9,15H,1H3/i2D,3D,5D. The zero-order chi connectivity index (χ0) is 14.9. The zero-order valence-corrected chi connectivity index (χ0v) is 9.15. The zero-order valence-electron chi connectivity index (χ0n) is 12.2. The van der Waals surface area contributed by atoms with Gasteiger partial charge in [-0.15, -0.1) is 0 Å². The molecule has 3 heteroatoms. The monoisotopic (exact) mass is 231 g/mol. The van der Waals surface area contributed by atoms with E-state index in [0.29, 0.717) is 5.75 Å². The van der Waals surface area contributed by atoms with E-state index in [1.54, 1.807) is 0 Å². The van der Waals surface area contributed by atoms with Crippen LogP contribution in [0.5, 0.6) is 11.5 Å². The van der Waals surface area contributed by atoms with Gasteiger partial charge in [-0.3, -0.25) is 4.79 Å². The summed E-state index contributed by atoms with van der Waals surface area (Å²) in [7, 11) is 1.44. The van der Waals surface area contributed by atoms with Crippen LogP contribution in [0.25, 0.3) is 0 Å². The smallest absolute Gasteiger partial charge is 0.196 e. The lowest BCUT2D eigenvalue weighted by atomic mass is 10.0. The first-order chi connectivity index (χ1) is 9.45. The summed E-state index contributed by atoms with van der Waals surface area (Å²) in [4.78, 5) is 12.3. The summed E-state index contributed by atoms with van der Waals surface area (Å²) in [6, 6.07) is 6.07. The molecule has 0 aromatic heterocycles. The Hall–Kier alpha value is -2.29. The van der Waals surface area contributed by atoms with Crippen molar-refractivity contribution < 1.29 is 18.8 Å². The molecule has 0 heterocycles. The van der Waals surface area contributed by atoms with Crippen molar-refractivity contribution in [2.24, 2.45) is 0 Å². The van der Waals surface area contributed by atoms with Crippen LogP contribution in [0.15, 0.2) is 48.5 Å². The molecule has 0 radical (unpaired) electrons. The molecule has 0 bridgehead atoms. The van der Waals surface area contributed by atoms with Gasteiger partial charge in [-0.1, -0.05) is 30.3 Å². The summed E-state index contributed by atoms with van der Waals surface area (Å²) < 4.78 is 27.6. The first kappa shape index (κ1) is 7.90. The maximum Gasteiger partial charge on any atom is 0.196 e. The van der Waals surface area contributed by atoms with Gasteiger partial charge in [-0.25, -0.2) is 0 Å².